The lowest BCUT2D eigenvalue weighted by atomic mass is 10.0. The van der Waals surface area contributed by atoms with Gasteiger partial charge < -0.3 is 11.1 Å². The highest BCUT2D eigenvalue weighted by molar-refractivity contribution is 6.34. The van der Waals surface area contributed by atoms with Crippen molar-refractivity contribution >= 4 is 23.2 Å². The Morgan fingerprint density at radius 1 is 1.26 bits per heavy atom. The van der Waals surface area contributed by atoms with Crippen LogP contribution in [0.2, 0.25) is 5.02 Å². The molecular formula is C18H20ClFN2O. The van der Waals surface area contributed by atoms with Crippen LogP contribution in [0.25, 0.3) is 0 Å². The van der Waals surface area contributed by atoms with Crippen LogP contribution >= 0.6 is 11.6 Å². The molecule has 122 valence electrons. The molecule has 2 aromatic rings. The van der Waals surface area contributed by atoms with Crippen molar-refractivity contribution < 1.29 is 9.18 Å². The van der Waals surface area contributed by atoms with Gasteiger partial charge >= 0.3 is 0 Å². The van der Waals surface area contributed by atoms with Gasteiger partial charge in [-0.25, -0.2) is 4.39 Å². The van der Waals surface area contributed by atoms with Crippen LogP contribution < -0.4 is 11.1 Å². The molecule has 0 aliphatic heterocycles. The maximum atomic E-state index is 13.8. The first-order valence-corrected chi connectivity index (χ1v) is 8.01. The van der Waals surface area contributed by atoms with E-state index in [0.29, 0.717) is 12.2 Å². The number of aryl methyl sites for hydroxylation is 1. The van der Waals surface area contributed by atoms with Crippen LogP contribution in [0.4, 0.5) is 10.1 Å². The Kier molecular flexibility index (Phi) is 6.13. The van der Waals surface area contributed by atoms with Gasteiger partial charge in [-0.2, -0.15) is 0 Å². The fourth-order valence-corrected chi connectivity index (χ4v) is 2.66. The summed E-state index contributed by atoms with van der Waals surface area (Å²) in [6.45, 7) is 2.57. The summed E-state index contributed by atoms with van der Waals surface area (Å²) in [6, 6.07) is 9.72. The third kappa shape index (κ3) is 4.30. The second-order valence-corrected chi connectivity index (χ2v) is 5.75. The average molecular weight is 335 g/mol. The van der Waals surface area contributed by atoms with Crippen LogP contribution in [-0.4, -0.2) is 5.91 Å². The van der Waals surface area contributed by atoms with Gasteiger partial charge in [0.15, 0.2) is 0 Å². The normalized spacial score (nSPS) is 10.6. The molecule has 1 amide bonds. The second kappa shape index (κ2) is 8.09. The molecule has 3 nitrogen and oxygen atoms in total. The highest BCUT2D eigenvalue weighted by Gasteiger charge is 2.16. The number of anilines is 1. The Balaban J connectivity index is 2.24. The van der Waals surface area contributed by atoms with Gasteiger partial charge in [-0.3, -0.25) is 4.79 Å². The van der Waals surface area contributed by atoms with Gasteiger partial charge in [0.1, 0.15) is 5.82 Å². The number of hydrogen-bond donors (Lipinski definition) is 2. The summed E-state index contributed by atoms with van der Waals surface area (Å²) >= 11 is 5.92. The Morgan fingerprint density at radius 2 is 2.04 bits per heavy atom. The van der Waals surface area contributed by atoms with Gasteiger partial charge in [-0.05, 0) is 48.2 Å². The Hall–Kier alpha value is -1.91. The summed E-state index contributed by atoms with van der Waals surface area (Å²) in [5, 5.41) is 2.79. The number of hydrogen-bond acceptors (Lipinski definition) is 2. The fourth-order valence-electron chi connectivity index (χ4n) is 2.41. The van der Waals surface area contributed by atoms with Crippen molar-refractivity contribution in [3.05, 3.63) is 63.9 Å². The summed E-state index contributed by atoms with van der Waals surface area (Å²) in [6.07, 6.45) is 3.02. The SMILES string of the molecule is CCCCc1cc(NC(=O)c2c(F)cccc2Cl)ccc1CN. The molecule has 0 radical (unpaired) electrons. The van der Waals surface area contributed by atoms with Crippen molar-refractivity contribution in [2.45, 2.75) is 32.7 Å². The lowest BCUT2D eigenvalue weighted by molar-refractivity contribution is 0.102. The maximum Gasteiger partial charge on any atom is 0.260 e. The third-order valence-corrected chi connectivity index (χ3v) is 3.99. The molecule has 5 heteroatoms. The van der Waals surface area contributed by atoms with Crippen molar-refractivity contribution in [2.24, 2.45) is 5.73 Å². The molecule has 0 fully saturated rings. The van der Waals surface area contributed by atoms with E-state index in [1.807, 2.05) is 12.1 Å². The minimum atomic E-state index is -0.639. The Morgan fingerprint density at radius 3 is 2.70 bits per heavy atom. The van der Waals surface area contributed by atoms with E-state index in [1.54, 1.807) is 6.07 Å². The summed E-state index contributed by atoms with van der Waals surface area (Å²) in [5.74, 6) is -1.20. The highest BCUT2D eigenvalue weighted by atomic mass is 35.5. The van der Waals surface area contributed by atoms with E-state index >= 15 is 0 Å². The number of carbonyl (C=O) groups excluding carboxylic acids is 1. The Bertz CT molecular complexity index is 683. The van der Waals surface area contributed by atoms with Gasteiger partial charge in [0.2, 0.25) is 0 Å². The molecule has 2 rings (SSSR count). The average Bonchev–Trinajstić information content (AvgIpc) is 2.53. The number of amides is 1. The third-order valence-electron chi connectivity index (χ3n) is 3.67. The number of halogens is 2. The molecule has 0 spiro atoms. The molecule has 0 saturated carbocycles. The number of nitrogens with one attached hydrogen (secondary N) is 1. The molecule has 0 aliphatic carbocycles. The molecule has 0 heterocycles. The molecule has 0 aliphatic rings. The minimum Gasteiger partial charge on any atom is -0.326 e. The van der Waals surface area contributed by atoms with E-state index in [0.717, 1.165) is 30.4 Å². The lowest BCUT2D eigenvalue weighted by Crippen LogP contribution is -2.15. The van der Waals surface area contributed by atoms with Crippen molar-refractivity contribution in [3.8, 4) is 0 Å². The molecule has 0 aromatic heterocycles. The second-order valence-electron chi connectivity index (χ2n) is 5.34. The van der Waals surface area contributed by atoms with Gasteiger partial charge in [-0.1, -0.05) is 37.1 Å². The van der Waals surface area contributed by atoms with Crippen LogP contribution in [-0.2, 0) is 13.0 Å². The minimum absolute atomic E-state index is 0.0901. The molecule has 3 N–H and O–H groups in total. The van der Waals surface area contributed by atoms with Gasteiger partial charge in [0.25, 0.3) is 5.91 Å². The molecule has 0 atom stereocenters. The van der Waals surface area contributed by atoms with Crippen molar-refractivity contribution in [1.82, 2.24) is 0 Å². The predicted octanol–water partition coefficient (Wildman–Crippen LogP) is 4.53. The number of nitrogens with two attached hydrogens (primary N) is 1. The number of benzene rings is 2. The van der Waals surface area contributed by atoms with Crippen LogP contribution in [0.3, 0.4) is 0 Å². The largest absolute Gasteiger partial charge is 0.326 e. The van der Waals surface area contributed by atoms with Crippen LogP contribution in [0, 0.1) is 5.82 Å². The molecule has 0 saturated heterocycles. The Labute approximate surface area is 140 Å². The van der Waals surface area contributed by atoms with E-state index in [9.17, 15) is 9.18 Å². The fraction of sp³-hybridized carbons (Fsp3) is 0.278. The van der Waals surface area contributed by atoms with E-state index in [-0.39, 0.29) is 10.6 Å². The smallest absolute Gasteiger partial charge is 0.260 e. The van der Waals surface area contributed by atoms with Gasteiger partial charge in [0.05, 0.1) is 10.6 Å². The van der Waals surface area contributed by atoms with Crippen LogP contribution in [0.15, 0.2) is 36.4 Å². The van der Waals surface area contributed by atoms with Gasteiger partial charge in [-0.15, -0.1) is 0 Å². The standard InChI is InChI=1S/C18H20ClFN2O/c1-2-3-5-12-10-14(9-8-13(12)11-21)22-18(23)17-15(19)6-4-7-16(17)20/h4,6-10H,2-3,5,11,21H2,1H3,(H,22,23). The summed E-state index contributed by atoms with van der Waals surface area (Å²) < 4.78 is 13.8. The monoisotopic (exact) mass is 334 g/mol. The zero-order valence-corrected chi connectivity index (χ0v) is 13.8. The highest BCUT2D eigenvalue weighted by Crippen LogP contribution is 2.22. The zero-order valence-electron chi connectivity index (χ0n) is 13.0. The van der Waals surface area contributed by atoms with Crippen LogP contribution in [0.5, 0.6) is 0 Å². The van der Waals surface area contributed by atoms with Crippen molar-refractivity contribution in [3.63, 3.8) is 0 Å². The zero-order chi connectivity index (χ0) is 16.8. The van der Waals surface area contributed by atoms with Crippen LogP contribution in [0.1, 0.15) is 41.3 Å². The lowest BCUT2D eigenvalue weighted by Gasteiger charge is -2.12. The number of rotatable bonds is 6. The van der Waals surface area contributed by atoms with Crippen molar-refractivity contribution in [1.29, 1.82) is 0 Å². The quantitative estimate of drug-likeness (QED) is 0.815. The molecule has 2 aromatic carbocycles. The van der Waals surface area contributed by atoms with E-state index in [1.165, 1.54) is 18.2 Å². The predicted molar refractivity (Wildman–Crippen MR) is 92.3 cm³/mol. The summed E-state index contributed by atoms with van der Waals surface area (Å²) in [7, 11) is 0. The maximum absolute atomic E-state index is 13.8. The van der Waals surface area contributed by atoms with Crippen molar-refractivity contribution in [2.75, 3.05) is 5.32 Å². The van der Waals surface area contributed by atoms with E-state index in [4.69, 9.17) is 17.3 Å². The summed E-state index contributed by atoms with van der Waals surface area (Å²) in [4.78, 5) is 12.3. The number of unbranched alkanes of at least 4 members (excludes halogenated alkanes) is 1. The number of carbonyl (C=O) groups is 1. The molecule has 0 bridgehead atoms. The molecule has 23 heavy (non-hydrogen) atoms. The van der Waals surface area contributed by atoms with E-state index in [2.05, 4.69) is 12.2 Å². The molecular weight excluding hydrogens is 315 g/mol. The van der Waals surface area contributed by atoms with E-state index < -0.39 is 11.7 Å². The van der Waals surface area contributed by atoms with Gasteiger partial charge in [0, 0.05) is 12.2 Å². The summed E-state index contributed by atoms with van der Waals surface area (Å²) in [5.41, 5.74) is 8.37. The first-order chi connectivity index (χ1) is 11.1. The molecule has 0 unspecified atom stereocenters. The first kappa shape index (κ1) is 17.4. The topological polar surface area (TPSA) is 55.1 Å². The first-order valence-electron chi connectivity index (χ1n) is 7.64.